The first-order valence-corrected chi connectivity index (χ1v) is 12.1. The van der Waals surface area contributed by atoms with Gasteiger partial charge in [0.05, 0.1) is 10.3 Å². The van der Waals surface area contributed by atoms with Crippen LogP contribution in [0.4, 0.5) is 0 Å². The van der Waals surface area contributed by atoms with Crippen LogP contribution in [0.2, 0.25) is 0 Å². The minimum absolute atomic E-state index is 0. The summed E-state index contributed by atoms with van der Waals surface area (Å²) < 4.78 is 34.2. The minimum Gasteiger partial charge on any atom is -0.454 e. The molecule has 31 heavy (non-hydrogen) atoms. The second kappa shape index (κ2) is 7.24. The van der Waals surface area contributed by atoms with Crippen molar-refractivity contribution in [3.63, 3.8) is 0 Å². The van der Waals surface area contributed by atoms with Crippen LogP contribution in [0, 0.1) is 0 Å². The zero-order chi connectivity index (χ0) is 21.6. The molecule has 0 N–H and O–H groups in total. The molecule has 0 radical (unpaired) electrons. The van der Waals surface area contributed by atoms with Gasteiger partial charge in [-0.25, -0.2) is 8.42 Å². The van der Waals surface area contributed by atoms with Gasteiger partial charge < -0.3 is 9.47 Å². The number of ether oxygens (including phenoxy) is 2. The number of carbonyl (C=O) groups excluding carboxylic acids is 1. The van der Waals surface area contributed by atoms with E-state index in [1.165, 1.54) is 6.26 Å². The summed E-state index contributed by atoms with van der Waals surface area (Å²) in [4.78, 5) is 13.6. The van der Waals surface area contributed by atoms with Crippen molar-refractivity contribution in [1.29, 1.82) is 0 Å². The second-order valence-corrected chi connectivity index (χ2v) is 10.3. The Morgan fingerprint density at radius 2 is 1.68 bits per heavy atom. The van der Waals surface area contributed by atoms with Crippen LogP contribution in [0.15, 0.2) is 71.6 Å². The lowest BCUT2D eigenvalue weighted by Gasteiger charge is -2.15. The van der Waals surface area contributed by atoms with Gasteiger partial charge >= 0.3 is 0 Å². The summed E-state index contributed by atoms with van der Waals surface area (Å²) >= 11 is 0. The quantitative estimate of drug-likeness (QED) is 0.566. The van der Waals surface area contributed by atoms with Crippen LogP contribution < -0.4 is 9.47 Å². The molecule has 0 aromatic heterocycles. The Hall–Kier alpha value is -3.12. The Morgan fingerprint density at radius 1 is 0.935 bits per heavy atom. The summed E-state index contributed by atoms with van der Waals surface area (Å²) in [6.07, 6.45) is 3.24. The fraction of sp³-hybridized carbons (Fsp3) is 0.240. The van der Waals surface area contributed by atoms with Gasteiger partial charge in [-0.3, -0.25) is 4.79 Å². The van der Waals surface area contributed by atoms with Crippen LogP contribution in [-0.4, -0.2) is 27.2 Å². The number of Topliss-reactive ketones (excluding diaryl/α,β-unsaturated/α-hetero) is 1. The zero-order valence-corrected chi connectivity index (χ0v) is 17.9. The van der Waals surface area contributed by atoms with Crippen molar-refractivity contribution in [2.45, 2.75) is 29.6 Å². The van der Waals surface area contributed by atoms with E-state index in [0.717, 1.165) is 40.8 Å². The van der Waals surface area contributed by atoms with Gasteiger partial charge in [0.25, 0.3) is 0 Å². The number of benzene rings is 3. The molecular formula is C25H24O5S. The van der Waals surface area contributed by atoms with E-state index >= 15 is 0 Å². The lowest BCUT2D eigenvalue weighted by atomic mass is 9.87. The van der Waals surface area contributed by atoms with Gasteiger partial charge in [-0.2, -0.15) is 0 Å². The summed E-state index contributed by atoms with van der Waals surface area (Å²) in [5.41, 5.74) is 3.38. The molecule has 0 saturated heterocycles. The molecule has 0 bridgehead atoms. The Kier molecular flexibility index (Phi) is 4.63. The molecule has 0 unspecified atom stereocenters. The van der Waals surface area contributed by atoms with Gasteiger partial charge in [0.2, 0.25) is 6.79 Å². The maximum Gasteiger partial charge on any atom is 0.231 e. The number of ketones is 1. The number of fused-ring (bicyclic) bond motifs is 1. The van der Waals surface area contributed by atoms with Crippen molar-refractivity contribution < 1.29 is 24.1 Å². The molecule has 5 nitrogen and oxygen atoms in total. The Bertz CT molecular complexity index is 1280. The van der Waals surface area contributed by atoms with Crippen molar-refractivity contribution in [1.82, 2.24) is 0 Å². The molecule has 1 saturated carbocycles. The molecule has 6 heteroatoms. The highest BCUT2D eigenvalue weighted by Gasteiger charge is 2.50. The van der Waals surface area contributed by atoms with Gasteiger partial charge in [-0.15, -0.1) is 0 Å². The van der Waals surface area contributed by atoms with Crippen LogP contribution in [-0.2, 0) is 26.5 Å². The van der Waals surface area contributed by atoms with E-state index < -0.39 is 15.3 Å². The van der Waals surface area contributed by atoms with Crippen LogP contribution in [0.3, 0.4) is 0 Å². The van der Waals surface area contributed by atoms with E-state index in [2.05, 4.69) is 0 Å². The number of sulfone groups is 1. The highest BCUT2D eigenvalue weighted by Crippen LogP contribution is 2.51. The number of hydrogen-bond acceptors (Lipinski definition) is 5. The fourth-order valence-electron chi connectivity index (χ4n) is 4.16. The highest BCUT2D eigenvalue weighted by atomic mass is 32.2. The highest BCUT2D eigenvalue weighted by molar-refractivity contribution is 7.90. The first-order chi connectivity index (χ1) is 14.8. The van der Waals surface area contributed by atoms with Gasteiger partial charge in [0.15, 0.2) is 21.3 Å². The van der Waals surface area contributed by atoms with Crippen molar-refractivity contribution in [2.75, 3.05) is 13.0 Å². The predicted molar refractivity (Wildman–Crippen MR) is 119 cm³/mol. The number of hydrogen-bond donors (Lipinski definition) is 0. The topological polar surface area (TPSA) is 69.7 Å². The summed E-state index contributed by atoms with van der Waals surface area (Å²) in [7, 11) is -3.23. The van der Waals surface area contributed by atoms with Crippen LogP contribution in [0.1, 0.15) is 25.4 Å². The molecule has 0 atom stereocenters. The van der Waals surface area contributed by atoms with E-state index in [0.29, 0.717) is 17.1 Å². The maximum absolute atomic E-state index is 13.3. The van der Waals surface area contributed by atoms with Crippen molar-refractivity contribution in [2.24, 2.45) is 0 Å². The SMILES string of the molecule is CS(=O)(=O)c1ccc(-c2cccc(CC(=O)C3(c4ccc5c(c4)OCO5)CC3)c2)cc1.[HH]. The first kappa shape index (κ1) is 19.8. The van der Waals surface area contributed by atoms with Crippen molar-refractivity contribution >= 4 is 15.6 Å². The second-order valence-electron chi connectivity index (χ2n) is 8.25. The molecule has 160 valence electrons. The van der Waals surface area contributed by atoms with Gasteiger partial charge in [0.1, 0.15) is 5.78 Å². The molecule has 1 fully saturated rings. The fourth-order valence-corrected chi connectivity index (χ4v) is 4.79. The normalized spacial score (nSPS) is 16.2. The van der Waals surface area contributed by atoms with Crippen molar-refractivity contribution in [3.8, 4) is 22.6 Å². The van der Waals surface area contributed by atoms with Crippen LogP contribution in [0.25, 0.3) is 11.1 Å². The molecule has 0 spiro atoms. The Balaban J connectivity index is 0.00000245. The van der Waals surface area contributed by atoms with Crippen LogP contribution >= 0.6 is 0 Å². The number of rotatable bonds is 6. The maximum atomic E-state index is 13.3. The van der Waals surface area contributed by atoms with E-state index in [9.17, 15) is 13.2 Å². The third-order valence-electron chi connectivity index (χ3n) is 6.12. The Morgan fingerprint density at radius 3 is 2.39 bits per heavy atom. The molecule has 1 aliphatic heterocycles. The molecule has 3 aromatic carbocycles. The summed E-state index contributed by atoms with van der Waals surface area (Å²) in [6, 6.07) is 20.5. The molecule has 1 heterocycles. The average Bonchev–Trinajstić information content (AvgIpc) is 3.44. The first-order valence-electron chi connectivity index (χ1n) is 10.2. The molecule has 5 rings (SSSR count). The van der Waals surface area contributed by atoms with Crippen molar-refractivity contribution in [3.05, 3.63) is 77.9 Å². The van der Waals surface area contributed by atoms with E-state index in [1.54, 1.807) is 24.3 Å². The summed E-state index contributed by atoms with van der Waals surface area (Å²) in [5.74, 6) is 1.63. The summed E-state index contributed by atoms with van der Waals surface area (Å²) in [6.45, 7) is 0.220. The lowest BCUT2D eigenvalue weighted by molar-refractivity contribution is -0.120. The standard InChI is InChI=1S/C25H22O5S.H2/c1-31(27,28)21-8-5-18(6-9-21)19-4-2-3-17(13-19)14-24(26)25(11-12-25)20-7-10-22-23(15-20)30-16-29-22;/h2-10,13,15H,11-12,14,16H2,1H3;1H. The third kappa shape index (κ3) is 3.72. The summed E-state index contributed by atoms with van der Waals surface area (Å²) in [5, 5.41) is 0. The predicted octanol–water partition coefficient (Wildman–Crippen LogP) is 4.58. The van der Waals surface area contributed by atoms with E-state index in [1.807, 2.05) is 42.5 Å². The van der Waals surface area contributed by atoms with Gasteiger partial charge in [-0.1, -0.05) is 42.5 Å². The van der Waals surface area contributed by atoms with Gasteiger partial charge in [0, 0.05) is 14.1 Å². The van der Waals surface area contributed by atoms with E-state index in [4.69, 9.17) is 9.47 Å². The van der Waals surface area contributed by atoms with E-state index in [-0.39, 0.29) is 14.0 Å². The average molecular weight is 437 g/mol. The Labute approximate surface area is 183 Å². The zero-order valence-electron chi connectivity index (χ0n) is 17.1. The minimum atomic E-state index is -3.23. The molecule has 0 amide bonds. The smallest absolute Gasteiger partial charge is 0.231 e. The van der Waals surface area contributed by atoms with Gasteiger partial charge in [-0.05, 0) is 59.4 Å². The molecule has 2 aliphatic rings. The monoisotopic (exact) mass is 436 g/mol. The van der Waals surface area contributed by atoms with Crippen LogP contribution in [0.5, 0.6) is 11.5 Å². The molecule has 1 aliphatic carbocycles. The largest absolute Gasteiger partial charge is 0.454 e. The third-order valence-corrected chi connectivity index (χ3v) is 7.24. The lowest BCUT2D eigenvalue weighted by Crippen LogP contribution is -2.22. The number of carbonyl (C=O) groups is 1. The molecular weight excluding hydrogens is 412 g/mol. The molecule has 3 aromatic rings.